The third-order valence-corrected chi connectivity index (χ3v) is 6.35. The van der Waals surface area contributed by atoms with Gasteiger partial charge in [-0.25, -0.2) is 9.97 Å². The van der Waals surface area contributed by atoms with Gasteiger partial charge in [0.25, 0.3) is 5.91 Å². The molecule has 2 aromatic rings. The van der Waals surface area contributed by atoms with Crippen molar-refractivity contribution in [2.24, 2.45) is 0 Å². The van der Waals surface area contributed by atoms with E-state index in [0.717, 1.165) is 46.7 Å². The van der Waals surface area contributed by atoms with Gasteiger partial charge in [-0.15, -0.1) is 11.3 Å². The van der Waals surface area contributed by atoms with Crippen molar-refractivity contribution in [2.45, 2.75) is 44.1 Å². The number of hydrogen-bond acceptors (Lipinski definition) is 6. The molecular weight excluding hydrogens is 338 g/mol. The summed E-state index contributed by atoms with van der Waals surface area (Å²) in [5.41, 5.74) is 1.70. The molecule has 0 saturated heterocycles. The summed E-state index contributed by atoms with van der Waals surface area (Å²) >= 11 is 1.45. The normalized spacial score (nSPS) is 20.2. The molecule has 128 valence electrons. The molecule has 5 rings (SSSR count). The van der Waals surface area contributed by atoms with E-state index < -0.39 is 0 Å². The predicted molar refractivity (Wildman–Crippen MR) is 94.2 cm³/mol. The summed E-state index contributed by atoms with van der Waals surface area (Å²) in [6, 6.07) is 2.07. The molecule has 8 heteroatoms. The van der Waals surface area contributed by atoms with Crippen molar-refractivity contribution in [3.05, 3.63) is 28.4 Å². The highest BCUT2D eigenvalue weighted by molar-refractivity contribution is 7.18. The van der Waals surface area contributed by atoms with E-state index in [9.17, 15) is 9.59 Å². The molecule has 0 radical (unpaired) electrons. The third-order valence-electron chi connectivity index (χ3n) is 5.30. The number of nitrogens with zero attached hydrogens (tertiary/aromatic N) is 2. The van der Waals surface area contributed by atoms with Crippen LogP contribution in [0.4, 0.5) is 16.6 Å². The summed E-state index contributed by atoms with van der Waals surface area (Å²) in [7, 11) is 0. The Morgan fingerprint density at radius 1 is 1.16 bits per heavy atom. The Hall–Kier alpha value is -2.48. The molecule has 4 heterocycles. The van der Waals surface area contributed by atoms with Gasteiger partial charge in [0.05, 0.1) is 21.8 Å². The first-order chi connectivity index (χ1) is 12.1. The summed E-state index contributed by atoms with van der Waals surface area (Å²) in [6.45, 7) is 0. The third kappa shape index (κ3) is 2.24. The minimum atomic E-state index is -0.188. The number of hydrogen-bond donors (Lipinski definition) is 3. The van der Waals surface area contributed by atoms with E-state index in [1.807, 2.05) is 0 Å². The van der Waals surface area contributed by atoms with Crippen LogP contribution in [0, 0.1) is 0 Å². The number of anilines is 3. The molecule has 3 aliphatic rings. The van der Waals surface area contributed by atoms with Crippen molar-refractivity contribution >= 4 is 39.8 Å². The summed E-state index contributed by atoms with van der Waals surface area (Å²) in [5.74, 6) is 1.14. The number of amides is 2. The maximum absolute atomic E-state index is 12.4. The average Bonchev–Trinajstić information content (AvgIpc) is 3.24. The number of carbonyl (C=O) groups is 2. The van der Waals surface area contributed by atoms with Gasteiger partial charge in [-0.1, -0.05) is 19.3 Å². The Bertz CT molecular complexity index is 900. The first kappa shape index (κ1) is 14.8. The van der Waals surface area contributed by atoms with Crippen LogP contribution in [0.25, 0.3) is 0 Å². The van der Waals surface area contributed by atoms with Gasteiger partial charge in [-0.2, -0.15) is 0 Å². The largest absolute Gasteiger partial charge is 0.342 e. The highest BCUT2D eigenvalue weighted by atomic mass is 32.1. The number of carbonyl (C=O) groups excluding carboxylic acids is 2. The second kappa shape index (κ2) is 5.26. The zero-order valence-corrected chi connectivity index (χ0v) is 14.3. The van der Waals surface area contributed by atoms with Gasteiger partial charge < -0.3 is 16.0 Å². The van der Waals surface area contributed by atoms with Crippen molar-refractivity contribution in [2.75, 3.05) is 10.6 Å². The summed E-state index contributed by atoms with van der Waals surface area (Å²) in [5, 5.41) is 10.1. The first-order valence-corrected chi connectivity index (χ1v) is 9.34. The Kier molecular flexibility index (Phi) is 3.12. The molecular formula is C17H17N5O2S. The van der Waals surface area contributed by atoms with Crippen LogP contribution in [0.1, 0.15) is 52.9 Å². The molecule has 0 unspecified atom stereocenters. The van der Waals surface area contributed by atoms with Gasteiger partial charge in [0.2, 0.25) is 5.91 Å². The summed E-state index contributed by atoms with van der Waals surface area (Å²) < 4.78 is 0. The molecule has 0 aromatic carbocycles. The zero-order valence-electron chi connectivity index (χ0n) is 13.5. The minimum absolute atomic E-state index is 0.0275. The van der Waals surface area contributed by atoms with E-state index in [1.54, 1.807) is 0 Å². The molecule has 2 aliphatic heterocycles. The van der Waals surface area contributed by atoms with Gasteiger partial charge >= 0.3 is 0 Å². The Morgan fingerprint density at radius 2 is 2.00 bits per heavy atom. The van der Waals surface area contributed by atoms with E-state index in [1.165, 1.54) is 24.1 Å². The second-order valence-corrected chi connectivity index (χ2v) is 7.90. The van der Waals surface area contributed by atoms with Crippen molar-refractivity contribution < 1.29 is 9.59 Å². The second-order valence-electron chi connectivity index (χ2n) is 6.85. The molecule has 2 aromatic heterocycles. The molecule has 25 heavy (non-hydrogen) atoms. The topological polar surface area (TPSA) is 96.0 Å². The number of fused-ring (bicyclic) bond motifs is 3. The smallest absolute Gasteiger partial charge is 0.262 e. The van der Waals surface area contributed by atoms with Crippen LogP contribution in [-0.4, -0.2) is 21.8 Å². The highest BCUT2D eigenvalue weighted by Crippen LogP contribution is 2.47. The highest BCUT2D eigenvalue weighted by Gasteiger charge is 2.45. The number of nitrogens with one attached hydrogen (secondary N) is 3. The fourth-order valence-corrected chi connectivity index (χ4v) is 5.17. The molecule has 7 nitrogen and oxygen atoms in total. The molecule has 0 bridgehead atoms. The predicted octanol–water partition coefficient (Wildman–Crippen LogP) is 2.68. The maximum atomic E-state index is 12.4. The zero-order chi connectivity index (χ0) is 17.0. The Balaban J connectivity index is 1.49. The van der Waals surface area contributed by atoms with Crippen molar-refractivity contribution in [1.29, 1.82) is 0 Å². The van der Waals surface area contributed by atoms with Crippen LogP contribution in [-0.2, 0) is 16.8 Å². The minimum Gasteiger partial charge on any atom is -0.342 e. The molecule has 1 aliphatic carbocycles. The molecule has 2 amide bonds. The fourth-order valence-electron chi connectivity index (χ4n) is 4.12. The lowest BCUT2D eigenvalue weighted by Gasteiger charge is -2.33. The van der Waals surface area contributed by atoms with E-state index in [2.05, 4.69) is 32.0 Å². The molecule has 1 fully saturated rings. The van der Waals surface area contributed by atoms with Crippen LogP contribution in [0.2, 0.25) is 0 Å². The molecule has 0 atom stereocenters. The number of thiophene rings is 1. The van der Waals surface area contributed by atoms with Crippen LogP contribution < -0.4 is 16.0 Å². The Labute approximate surface area is 148 Å². The van der Waals surface area contributed by atoms with E-state index in [-0.39, 0.29) is 23.8 Å². The van der Waals surface area contributed by atoms with E-state index in [4.69, 9.17) is 0 Å². The number of aromatic nitrogens is 2. The van der Waals surface area contributed by atoms with Gasteiger partial charge in [-0.3, -0.25) is 9.59 Å². The fraction of sp³-hybridized carbons (Fsp3) is 0.412. The maximum Gasteiger partial charge on any atom is 0.262 e. The van der Waals surface area contributed by atoms with Crippen LogP contribution in [0.3, 0.4) is 0 Å². The standard InChI is InChI=1S/C17H17N5O2S/c23-11-6-9-14(20-11)18-8-19-15(9)21-12-7-10-13(25-12)16(24)22-17(10)4-2-1-3-5-17/h7-8H,1-6H2,(H,22,24)(H2,18,19,20,21,23). The molecule has 1 saturated carbocycles. The molecule has 1 spiro atoms. The number of rotatable bonds is 2. The quantitative estimate of drug-likeness (QED) is 0.770. The summed E-state index contributed by atoms with van der Waals surface area (Å²) in [4.78, 5) is 33.2. The van der Waals surface area contributed by atoms with Crippen LogP contribution in [0.5, 0.6) is 0 Å². The summed E-state index contributed by atoms with van der Waals surface area (Å²) in [6.07, 6.45) is 7.23. The Morgan fingerprint density at radius 3 is 2.84 bits per heavy atom. The van der Waals surface area contributed by atoms with Crippen molar-refractivity contribution in [3.8, 4) is 0 Å². The van der Waals surface area contributed by atoms with E-state index in [0.29, 0.717) is 11.6 Å². The van der Waals surface area contributed by atoms with Gasteiger partial charge in [-0.05, 0) is 18.9 Å². The average molecular weight is 355 g/mol. The van der Waals surface area contributed by atoms with Crippen LogP contribution in [0.15, 0.2) is 12.4 Å². The monoisotopic (exact) mass is 355 g/mol. The SMILES string of the molecule is O=C1Cc2c(ncnc2Nc2cc3c(s2)C(=O)NC32CCCCC2)N1. The van der Waals surface area contributed by atoms with Crippen molar-refractivity contribution in [3.63, 3.8) is 0 Å². The van der Waals surface area contributed by atoms with Gasteiger partial charge in [0, 0.05) is 11.1 Å². The van der Waals surface area contributed by atoms with Crippen molar-refractivity contribution in [1.82, 2.24) is 15.3 Å². The van der Waals surface area contributed by atoms with Crippen LogP contribution >= 0.6 is 11.3 Å². The van der Waals surface area contributed by atoms with Gasteiger partial charge in [0.1, 0.15) is 18.0 Å². The lowest BCUT2D eigenvalue weighted by Crippen LogP contribution is -2.40. The lowest BCUT2D eigenvalue weighted by atomic mass is 9.78. The molecule has 3 N–H and O–H groups in total. The lowest BCUT2D eigenvalue weighted by molar-refractivity contribution is -0.115. The van der Waals surface area contributed by atoms with Gasteiger partial charge in [0.15, 0.2) is 0 Å². The van der Waals surface area contributed by atoms with E-state index >= 15 is 0 Å². The first-order valence-electron chi connectivity index (χ1n) is 8.52.